The van der Waals surface area contributed by atoms with Gasteiger partial charge >= 0.3 is 6.18 Å². The maximum absolute atomic E-state index is 13.8. The molecule has 5 rings (SSSR count). The summed E-state index contributed by atoms with van der Waals surface area (Å²) in [6, 6.07) is 11.5. The molecule has 1 fully saturated rings. The Kier molecular flexibility index (Phi) is 7.70. The van der Waals surface area contributed by atoms with Crippen LogP contribution in [0.4, 0.5) is 42.0 Å². The third kappa shape index (κ3) is 5.91. The molecule has 0 radical (unpaired) electrons. The molecule has 1 amide bonds. The number of halogens is 3. The molecule has 0 aliphatic carbocycles. The lowest BCUT2D eigenvalue weighted by molar-refractivity contribution is -0.137. The van der Waals surface area contributed by atoms with Gasteiger partial charge in [0, 0.05) is 62.4 Å². The Morgan fingerprint density at radius 1 is 1.12 bits per heavy atom. The zero-order valence-corrected chi connectivity index (χ0v) is 22.6. The van der Waals surface area contributed by atoms with Crippen LogP contribution in [-0.2, 0) is 23.9 Å². The SMILES string of the molecule is COc1cc(N2CCN(C(C)C)CC2)ccc1Nc1ncc(C(F)(F)F)c(NCc2cccc3c2CC(=O)N3)n1. The molecule has 1 saturated heterocycles. The smallest absolute Gasteiger partial charge is 0.421 e. The molecule has 0 bridgehead atoms. The number of hydrogen-bond acceptors (Lipinski definition) is 8. The number of benzene rings is 2. The van der Waals surface area contributed by atoms with Gasteiger partial charge in [-0.25, -0.2) is 4.98 Å². The zero-order chi connectivity index (χ0) is 28.4. The fourth-order valence-electron chi connectivity index (χ4n) is 5.04. The van der Waals surface area contributed by atoms with Crippen LogP contribution in [0.3, 0.4) is 0 Å². The highest BCUT2D eigenvalue weighted by molar-refractivity contribution is 5.99. The van der Waals surface area contributed by atoms with E-state index in [9.17, 15) is 18.0 Å². The number of carbonyl (C=O) groups excluding carboxylic acids is 1. The predicted octanol–water partition coefficient (Wildman–Crippen LogP) is 4.88. The number of nitrogens with zero attached hydrogens (tertiary/aromatic N) is 4. The van der Waals surface area contributed by atoms with E-state index < -0.39 is 11.7 Å². The summed E-state index contributed by atoms with van der Waals surface area (Å²) in [5, 5.41) is 8.56. The predicted molar refractivity (Wildman–Crippen MR) is 148 cm³/mol. The number of alkyl halides is 3. The highest BCUT2D eigenvalue weighted by Crippen LogP contribution is 2.36. The summed E-state index contributed by atoms with van der Waals surface area (Å²) in [4.78, 5) is 24.6. The average molecular weight is 556 g/mol. The summed E-state index contributed by atoms with van der Waals surface area (Å²) in [6.45, 7) is 8.15. The van der Waals surface area contributed by atoms with Gasteiger partial charge in [-0.2, -0.15) is 18.2 Å². The molecule has 2 aliphatic rings. The van der Waals surface area contributed by atoms with Gasteiger partial charge in [-0.3, -0.25) is 9.69 Å². The topological polar surface area (TPSA) is 94.7 Å². The average Bonchev–Trinajstić information content (AvgIpc) is 3.32. The second-order valence-corrected chi connectivity index (χ2v) is 10.1. The fraction of sp³-hybridized carbons (Fsp3) is 0.393. The molecule has 12 heteroatoms. The number of nitrogens with one attached hydrogen (secondary N) is 3. The van der Waals surface area contributed by atoms with E-state index in [1.165, 1.54) is 0 Å². The number of hydrogen-bond donors (Lipinski definition) is 3. The van der Waals surface area contributed by atoms with Crippen LogP contribution in [0.15, 0.2) is 42.6 Å². The van der Waals surface area contributed by atoms with Gasteiger partial charge < -0.3 is 25.6 Å². The van der Waals surface area contributed by atoms with Crippen LogP contribution in [0.2, 0.25) is 0 Å². The van der Waals surface area contributed by atoms with Crippen molar-refractivity contribution in [3.63, 3.8) is 0 Å². The van der Waals surface area contributed by atoms with Crippen molar-refractivity contribution >= 4 is 34.7 Å². The Labute approximate surface area is 230 Å². The van der Waals surface area contributed by atoms with Crippen molar-refractivity contribution in [3.05, 3.63) is 59.3 Å². The van der Waals surface area contributed by atoms with Gasteiger partial charge in [0.1, 0.15) is 17.1 Å². The normalized spacial score (nSPS) is 15.7. The number of amides is 1. The maximum Gasteiger partial charge on any atom is 0.421 e. The number of rotatable bonds is 8. The number of carbonyl (C=O) groups is 1. The lowest BCUT2D eigenvalue weighted by Crippen LogP contribution is -2.48. The Morgan fingerprint density at radius 2 is 1.90 bits per heavy atom. The molecule has 3 heterocycles. The number of fused-ring (bicyclic) bond motifs is 1. The molecule has 0 unspecified atom stereocenters. The van der Waals surface area contributed by atoms with Gasteiger partial charge in [0.05, 0.1) is 19.2 Å². The molecule has 9 nitrogen and oxygen atoms in total. The van der Waals surface area contributed by atoms with Gasteiger partial charge in [0.15, 0.2) is 0 Å². The first-order valence-electron chi connectivity index (χ1n) is 13.1. The minimum absolute atomic E-state index is 0.0118. The van der Waals surface area contributed by atoms with E-state index in [2.05, 4.69) is 49.6 Å². The summed E-state index contributed by atoms with van der Waals surface area (Å²) < 4.78 is 47.0. The van der Waals surface area contributed by atoms with Gasteiger partial charge in [0.2, 0.25) is 11.9 Å². The molecule has 2 aliphatic heterocycles. The van der Waals surface area contributed by atoms with Crippen molar-refractivity contribution < 1.29 is 22.7 Å². The number of anilines is 5. The van der Waals surface area contributed by atoms with E-state index in [1.807, 2.05) is 18.2 Å². The molecule has 212 valence electrons. The molecule has 0 saturated carbocycles. The quantitative estimate of drug-likeness (QED) is 0.362. The Balaban J connectivity index is 1.35. The summed E-state index contributed by atoms with van der Waals surface area (Å²) in [5.74, 6) is 0.00396. The van der Waals surface area contributed by atoms with Crippen LogP contribution in [-0.4, -0.2) is 60.1 Å². The van der Waals surface area contributed by atoms with Crippen molar-refractivity contribution in [3.8, 4) is 5.75 Å². The van der Waals surface area contributed by atoms with Crippen LogP contribution in [0, 0.1) is 0 Å². The zero-order valence-electron chi connectivity index (χ0n) is 22.6. The molecule has 3 N–H and O–H groups in total. The first-order valence-corrected chi connectivity index (χ1v) is 13.1. The Morgan fingerprint density at radius 3 is 2.60 bits per heavy atom. The standard InChI is InChI=1S/C28H32F3N7O2/c1-17(2)37-9-11-38(12-10-37)19-7-8-23(24(13-19)40-3)35-27-33-16-21(28(29,30)31)26(36-27)32-15-18-5-4-6-22-20(18)14-25(39)34-22/h4-8,13,16-17H,9-12,14-15H2,1-3H3,(H,34,39)(H2,32,33,35,36). The van der Waals surface area contributed by atoms with Crippen molar-refractivity contribution in [1.29, 1.82) is 0 Å². The minimum atomic E-state index is -4.66. The van der Waals surface area contributed by atoms with E-state index in [-0.39, 0.29) is 30.6 Å². The largest absolute Gasteiger partial charge is 0.494 e. The van der Waals surface area contributed by atoms with Crippen LogP contribution < -0.4 is 25.6 Å². The molecular weight excluding hydrogens is 523 g/mol. The van der Waals surface area contributed by atoms with Gasteiger partial charge in [-0.1, -0.05) is 12.1 Å². The Bertz CT molecular complexity index is 1390. The lowest BCUT2D eigenvalue weighted by Gasteiger charge is -2.38. The highest BCUT2D eigenvalue weighted by atomic mass is 19.4. The van der Waals surface area contributed by atoms with Crippen molar-refractivity contribution in [2.45, 2.75) is 39.0 Å². The van der Waals surface area contributed by atoms with Crippen LogP contribution in [0.1, 0.15) is 30.5 Å². The van der Waals surface area contributed by atoms with Gasteiger partial charge in [-0.05, 0) is 43.2 Å². The fourth-order valence-corrected chi connectivity index (χ4v) is 5.04. The highest BCUT2D eigenvalue weighted by Gasteiger charge is 2.35. The molecule has 1 aromatic heterocycles. The summed E-state index contributed by atoms with van der Waals surface area (Å²) in [5.41, 5.74) is 2.69. The molecule has 3 aromatic rings. The van der Waals surface area contributed by atoms with E-state index in [1.54, 1.807) is 25.3 Å². The first kappa shape index (κ1) is 27.5. The van der Waals surface area contributed by atoms with Crippen LogP contribution >= 0.6 is 0 Å². The number of piperazine rings is 1. The number of ether oxygens (including phenoxy) is 1. The van der Waals surface area contributed by atoms with E-state index in [0.29, 0.717) is 28.7 Å². The summed E-state index contributed by atoms with van der Waals surface area (Å²) in [7, 11) is 1.54. The number of aromatic nitrogens is 2. The molecule has 2 aromatic carbocycles. The van der Waals surface area contributed by atoms with Crippen molar-refractivity contribution in [2.24, 2.45) is 0 Å². The van der Waals surface area contributed by atoms with Crippen molar-refractivity contribution in [1.82, 2.24) is 14.9 Å². The molecule has 0 spiro atoms. The van der Waals surface area contributed by atoms with Gasteiger partial charge in [-0.15, -0.1) is 0 Å². The lowest BCUT2D eigenvalue weighted by atomic mass is 10.0. The number of methoxy groups -OCH3 is 1. The first-order chi connectivity index (χ1) is 19.1. The summed E-state index contributed by atoms with van der Waals surface area (Å²) in [6.07, 6.45) is -3.72. The third-order valence-corrected chi connectivity index (χ3v) is 7.27. The molecule has 40 heavy (non-hydrogen) atoms. The van der Waals surface area contributed by atoms with E-state index >= 15 is 0 Å². The third-order valence-electron chi connectivity index (χ3n) is 7.27. The molecular formula is C28H32F3N7O2. The van der Waals surface area contributed by atoms with Crippen LogP contribution in [0.25, 0.3) is 0 Å². The minimum Gasteiger partial charge on any atom is -0.494 e. The summed E-state index contributed by atoms with van der Waals surface area (Å²) >= 11 is 0. The van der Waals surface area contributed by atoms with Crippen LogP contribution in [0.5, 0.6) is 5.75 Å². The van der Waals surface area contributed by atoms with E-state index in [0.717, 1.165) is 43.6 Å². The van der Waals surface area contributed by atoms with Crippen molar-refractivity contribution in [2.75, 3.05) is 54.1 Å². The molecule has 0 atom stereocenters. The second-order valence-electron chi connectivity index (χ2n) is 10.1. The monoisotopic (exact) mass is 555 g/mol. The maximum atomic E-state index is 13.8. The Hall–Kier alpha value is -4.06. The van der Waals surface area contributed by atoms with Gasteiger partial charge in [0.25, 0.3) is 0 Å². The second kappa shape index (κ2) is 11.2. The van der Waals surface area contributed by atoms with E-state index in [4.69, 9.17) is 4.74 Å².